The molecule has 1 N–H and O–H groups in total. The first-order valence-corrected chi connectivity index (χ1v) is 15.8. The van der Waals surface area contributed by atoms with Crippen LogP contribution in [0.3, 0.4) is 0 Å². The third-order valence-corrected chi connectivity index (χ3v) is 9.31. The van der Waals surface area contributed by atoms with Crippen molar-refractivity contribution in [3.05, 3.63) is 124 Å². The molecule has 6 heteroatoms. The van der Waals surface area contributed by atoms with Crippen LogP contribution in [0.15, 0.2) is 101 Å². The number of rotatable bonds is 8. The number of benzene rings is 3. The van der Waals surface area contributed by atoms with Gasteiger partial charge in [0.1, 0.15) is 12.4 Å². The Bertz CT molecular complexity index is 1660. The summed E-state index contributed by atoms with van der Waals surface area (Å²) in [6, 6.07) is 24.8. The third-order valence-electron chi connectivity index (χ3n) is 9.31. The number of para-hydroxylation sites is 1. The van der Waals surface area contributed by atoms with Crippen molar-refractivity contribution >= 4 is 17.5 Å². The predicted molar refractivity (Wildman–Crippen MR) is 174 cm³/mol. The molecule has 0 unspecified atom stereocenters. The van der Waals surface area contributed by atoms with Crippen LogP contribution in [0.5, 0.6) is 5.75 Å². The molecule has 1 heterocycles. The SMILES string of the molecule is CC1(C)CC(=O)C2=C(C1)N(CCc1ccccc1)C1=C(C(=O)CC(C)(C)C1)C2c1ccccc1OCc1ccc(C(=O)O)cc1. The van der Waals surface area contributed by atoms with Crippen LogP contribution < -0.4 is 4.74 Å². The molecule has 0 spiro atoms. The molecule has 6 nitrogen and oxygen atoms in total. The topological polar surface area (TPSA) is 83.9 Å². The van der Waals surface area contributed by atoms with E-state index in [1.165, 1.54) is 5.56 Å². The molecule has 3 aliphatic rings. The van der Waals surface area contributed by atoms with Crippen molar-refractivity contribution in [2.24, 2.45) is 10.8 Å². The Morgan fingerprint density at radius 1 is 0.756 bits per heavy atom. The smallest absolute Gasteiger partial charge is 0.335 e. The maximum Gasteiger partial charge on any atom is 0.335 e. The van der Waals surface area contributed by atoms with Crippen molar-refractivity contribution in [1.82, 2.24) is 4.90 Å². The molecular formula is C39H41NO5. The van der Waals surface area contributed by atoms with E-state index in [1.54, 1.807) is 24.3 Å². The highest BCUT2D eigenvalue weighted by Gasteiger charge is 2.49. The number of nitrogens with zero attached hydrogens (tertiary/aromatic N) is 1. The second-order valence-corrected chi connectivity index (χ2v) is 14.3. The Kier molecular flexibility index (Phi) is 8.02. The number of carbonyl (C=O) groups is 3. The van der Waals surface area contributed by atoms with E-state index in [9.17, 15) is 19.5 Å². The Morgan fingerprint density at radius 2 is 1.31 bits per heavy atom. The molecule has 0 atom stereocenters. The van der Waals surface area contributed by atoms with Gasteiger partial charge < -0.3 is 14.7 Å². The number of carboxylic acids is 1. The molecule has 232 valence electrons. The second kappa shape index (κ2) is 11.8. The summed E-state index contributed by atoms with van der Waals surface area (Å²) in [5.74, 6) is -0.660. The predicted octanol–water partition coefficient (Wildman–Crippen LogP) is 7.89. The number of hydrogen-bond donors (Lipinski definition) is 1. The summed E-state index contributed by atoms with van der Waals surface area (Å²) in [5.41, 5.74) is 6.25. The molecule has 0 saturated heterocycles. The number of allylic oxidation sites excluding steroid dienone is 4. The normalized spacial score (nSPS) is 19.3. The molecular weight excluding hydrogens is 562 g/mol. The van der Waals surface area contributed by atoms with Gasteiger partial charge in [0.2, 0.25) is 0 Å². The number of carbonyl (C=O) groups excluding carboxylic acids is 2. The average Bonchev–Trinajstić information content (AvgIpc) is 2.98. The molecule has 3 aromatic rings. The van der Waals surface area contributed by atoms with Gasteiger partial charge in [-0.25, -0.2) is 4.79 Å². The minimum absolute atomic E-state index is 0.0965. The van der Waals surface area contributed by atoms with Gasteiger partial charge in [-0.1, -0.05) is 88.4 Å². The third kappa shape index (κ3) is 6.24. The van der Waals surface area contributed by atoms with Crippen LogP contribution in [0.2, 0.25) is 0 Å². The first kappa shape index (κ1) is 30.6. The number of Topliss-reactive ketones (excluding diaryl/α,β-unsaturated/α-hetero) is 2. The number of ketones is 2. The van der Waals surface area contributed by atoms with Crippen molar-refractivity contribution in [2.45, 2.75) is 72.3 Å². The molecule has 1 aliphatic heterocycles. The first-order chi connectivity index (χ1) is 21.4. The van der Waals surface area contributed by atoms with Crippen LogP contribution in [-0.4, -0.2) is 34.1 Å². The van der Waals surface area contributed by atoms with Crippen molar-refractivity contribution in [1.29, 1.82) is 0 Å². The Hall–Kier alpha value is -4.45. The molecule has 0 fully saturated rings. The lowest BCUT2D eigenvalue weighted by Crippen LogP contribution is -2.45. The Morgan fingerprint density at radius 3 is 1.89 bits per heavy atom. The van der Waals surface area contributed by atoms with E-state index in [0.717, 1.165) is 52.9 Å². The summed E-state index contributed by atoms with van der Waals surface area (Å²) in [5, 5.41) is 9.27. The summed E-state index contributed by atoms with van der Waals surface area (Å²) in [4.78, 5) is 42.1. The molecule has 2 aliphatic carbocycles. The molecule has 0 aromatic heterocycles. The fourth-order valence-corrected chi connectivity index (χ4v) is 7.27. The Balaban J connectivity index is 1.45. The zero-order valence-electron chi connectivity index (χ0n) is 26.6. The molecule has 0 radical (unpaired) electrons. The van der Waals surface area contributed by atoms with Gasteiger partial charge in [-0.05, 0) is 59.4 Å². The molecule has 45 heavy (non-hydrogen) atoms. The van der Waals surface area contributed by atoms with E-state index >= 15 is 0 Å². The van der Waals surface area contributed by atoms with Crippen LogP contribution in [0, 0.1) is 10.8 Å². The fourth-order valence-electron chi connectivity index (χ4n) is 7.27. The maximum absolute atomic E-state index is 14.2. The van der Waals surface area contributed by atoms with E-state index in [2.05, 4.69) is 56.9 Å². The standard InChI is InChI=1S/C39H41NO5/c1-38(2)20-29-35(31(41)22-38)34(28-12-8-9-13-33(28)45-24-26-14-16-27(17-15-26)37(43)44)36-30(21-39(3,4)23-32(36)42)40(29)19-18-25-10-6-5-7-11-25/h5-17,34H,18-24H2,1-4H3,(H,43,44). The highest BCUT2D eigenvalue weighted by Crippen LogP contribution is 2.55. The minimum atomic E-state index is -0.975. The lowest BCUT2D eigenvalue weighted by molar-refractivity contribution is -0.119. The highest BCUT2D eigenvalue weighted by molar-refractivity contribution is 6.07. The van der Waals surface area contributed by atoms with Crippen molar-refractivity contribution in [3.8, 4) is 5.75 Å². The van der Waals surface area contributed by atoms with Gasteiger partial charge in [-0.3, -0.25) is 9.59 Å². The van der Waals surface area contributed by atoms with Crippen LogP contribution in [0.4, 0.5) is 0 Å². The van der Waals surface area contributed by atoms with Gasteiger partial charge in [0.15, 0.2) is 11.6 Å². The van der Waals surface area contributed by atoms with Gasteiger partial charge in [-0.2, -0.15) is 0 Å². The monoisotopic (exact) mass is 603 g/mol. The van der Waals surface area contributed by atoms with Gasteiger partial charge in [0, 0.05) is 53.4 Å². The largest absolute Gasteiger partial charge is 0.489 e. The zero-order chi connectivity index (χ0) is 31.9. The van der Waals surface area contributed by atoms with Crippen LogP contribution in [0.1, 0.15) is 86.3 Å². The number of carboxylic acid groups (broad SMARTS) is 1. The summed E-state index contributed by atoms with van der Waals surface area (Å²) < 4.78 is 6.39. The summed E-state index contributed by atoms with van der Waals surface area (Å²) in [6.07, 6.45) is 3.17. The number of aromatic carboxylic acids is 1. The molecule has 0 bridgehead atoms. The van der Waals surface area contributed by atoms with E-state index in [-0.39, 0.29) is 34.6 Å². The van der Waals surface area contributed by atoms with Crippen LogP contribution in [0.25, 0.3) is 0 Å². The first-order valence-electron chi connectivity index (χ1n) is 15.8. The second-order valence-electron chi connectivity index (χ2n) is 14.3. The number of hydrogen-bond acceptors (Lipinski definition) is 5. The van der Waals surface area contributed by atoms with E-state index in [0.29, 0.717) is 25.1 Å². The van der Waals surface area contributed by atoms with E-state index in [4.69, 9.17) is 4.74 Å². The summed E-state index contributed by atoms with van der Waals surface area (Å²) in [6.45, 7) is 9.56. The average molecular weight is 604 g/mol. The van der Waals surface area contributed by atoms with Crippen molar-refractivity contribution in [2.75, 3.05) is 6.54 Å². The van der Waals surface area contributed by atoms with E-state index in [1.807, 2.05) is 30.3 Å². The summed E-state index contributed by atoms with van der Waals surface area (Å²) >= 11 is 0. The fraction of sp³-hybridized carbons (Fsp3) is 0.359. The number of ether oxygens (including phenoxy) is 1. The molecule has 0 amide bonds. The quantitative estimate of drug-likeness (QED) is 0.282. The van der Waals surface area contributed by atoms with Gasteiger partial charge in [0.05, 0.1) is 5.56 Å². The van der Waals surface area contributed by atoms with Crippen LogP contribution >= 0.6 is 0 Å². The van der Waals surface area contributed by atoms with Crippen molar-refractivity contribution in [3.63, 3.8) is 0 Å². The minimum Gasteiger partial charge on any atom is -0.489 e. The molecule has 6 rings (SSSR count). The Labute approximate surface area is 265 Å². The van der Waals surface area contributed by atoms with Crippen molar-refractivity contribution < 1.29 is 24.2 Å². The summed E-state index contributed by atoms with van der Waals surface area (Å²) in [7, 11) is 0. The lowest BCUT2D eigenvalue weighted by Gasteiger charge is -2.49. The zero-order valence-corrected chi connectivity index (χ0v) is 26.6. The van der Waals surface area contributed by atoms with Gasteiger partial charge in [-0.15, -0.1) is 0 Å². The molecule has 0 saturated carbocycles. The van der Waals surface area contributed by atoms with Gasteiger partial charge in [0.25, 0.3) is 0 Å². The van der Waals surface area contributed by atoms with Crippen LogP contribution in [-0.2, 0) is 22.6 Å². The highest BCUT2D eigenvalue weighted by atomic mass is 16.5. The maximum atomic E-state index is 14.2. The van der Waals surface area contributed by atoms with Gasteiger partial charge >= 0.3 is 5.97 Å². The lowest BCUT2D eigenvalue weighted by atomic mass is 9.63. The molecule has 3 aromatic carbocycles. The van der Waals surface area contributed by atoms with E-state index < -0.39 is 11.9 Å².